The van der Waals surface area contributed by atoms with Crippen molar-refractivity contribution in [2.45, 2.75) is 70.6 Å². The standard InChI is InChI=1S/C13H26N2O2/c1-10(2)15-13(3,12(14)16)8-5-9-17-11-6-4-7-11/h10-11,15H,4-9H2,1-3H3,(H2,14,16). The fourth-order valence-electron chi connectivity index (χ4n) is 2.12. The Kier molecular flexibility index (Phi) is 5.40. The fourth-order valence-corrected chi connectivity index (χ4v) is 2.12. The zero-order valence-corrected chi connectivity index (χ0v) is 11.3. The molecule has 1 aliphatic rings. The van der Waals surface area contributed by atoms with Crippen LogP contribution in [0.4, 0.5) is 0 Å². The van der Waals surface area contributed by atoms with Gasteiger partial charge in [0, 0.05) is 12.6 Å². The molecule has 0 bridgehead atoms. The maximum Gasteiger partial charge on any atom is 0.237 e. The largest absolute Gasteiger partial charge is 0.378 e. The minimum atomic E-state index is -0.614. The van der Waals surface area contributed by atoms with E-state index in [4.69, 9.17) is 10.5 Å². The third kappa shape index (κ3) is 4.64. The number of nitrogens with one attached hydrogen (secondary N) is 1. The van der Waals surface area contributed by atoms with Crippen molar-refractivity contribution < 1.29 is 9.53 Å². The Morgan fingerprint density at radius 1 is 1.53 bits per heavy atom. The minimum Gasteiger partial charge on any atom is -0.378 e. The highest BCUT2D eigenvalue weighted by Crippen LogP contribution is 2.22. The van der Waals surface area contributed by atoms with Crippen LogP contribution in [0.1, 0.15) is 52.9 Å². The molecule has 0 aliphatic heterocycles. The van der Waals surface area contributed by atoms with Gasteiger partial charge >= 0.3 is 0 Å². The summed E-state index contributed by atoms with van der Waals surface area (Å²) in [6.07, 6.45) is 5.74. The fraction of sp³-hybridized carbons (Fsp3) is 0.923. The summed E-state index contributed by atoms with van der Waals surface area (Å²) >= 11 is 0. The summed E-state index contributed by atoms with van der Waals surface area (Å²) in [4.78, 5) is 11.5. The average molecular weight is 242 g/mol. The molecule has 1 atom stereocenters. The summed E-state index contributed by atoms with van der Waals surface area (Å²) in [5.74, 6) is -0.283. The van der Waals surface area contributed by atoms with Crippen LogP contribution < -0.4 is 11.1 Å². The molecule has 0 aromatic rings. The smallest absolute Gasteiger partial charge is 0.237 e. The van der Waals surface area contributed by atoms with E-state index in [1.807, 2.05) is 20.8 Å². The monoisotopic (exact) mass is 242 g/mol. The Labute approximate surface area is 104 Å². The molecule has 3 N–H and O–H groups in total. The molecule has 0 radical (unpaired) electrons. The van der Waals surface area contributed by atoms with Gasteiger partial charge in [0.1, 0.15) is 0 Å². The maximum absolute atomic E-state index is 11.5. The quantitative estimate of drug-likeness (QED) is 0.635. The number of nitrogens with two attached hydrogens (primary N) is 1. The van der Waals surface area contributed by atoms with Gasteiger partial charge in [-0.2, -0.15) is 0 Å². The topological polar surface area (TPSA) is 64.3 Å². The van der Waals surface area contributed by atoms with Crippen molar-refractivity contribution in [1.82, 2.24) is 5.32 Å². The highest BCUT2D eigenvalue weighted by atomic mass is 16.5. The summed E-state index contributed by atoms with van der Waals surface area (Å²) in [7, 11) is 0. The maximum atomic E-state index is 11.5. The third-order valence-corrected chi connectivity index (χ3v) is 3.38. The lowest BCUT2D eigenvalue weighted by atomic mass is 9.93. The predicted octanol–water partition coefficient (Wildman–Crippen LogP) is 1.58. The first-order valence-corrected chi connectivity index (χ1v) is 6.63. The lowest BCUT2D eigenvalue weighted by Gasteiger charge is -2.31. The van der Waals surface area contributed by atoms with Crippen LogP contribution in [-0.4, -0.2) is 30.2 Å². The second-order valence-corrected chi connectivity index (χ2v) is 5.52. The molecule has 4 nitrogen and oxygen atoms in total. The number of primary amides is 1. The molecule has 1 saturated carbocycles. The molecule has 1 amide bonds. The SMILES string of the molecule is CC(C)NC(C)(CCCOC1CCC1)C(N)=O. The Hall–Kier alpha value is -0.610. The molecule has 1 rings (SSSR count). The highest BCUT2D eigenvalue weighted by molar-refractivity contribution is 5.84. The van der Waals surface area contributed by atoms with E-state index in [-0.39, 0.29) is 11.9 Å². The van der Waals surface area contributed by atoms with Crippen molar-refractivity contribution >= 4 is 5.91 Å². The molecule has 0 aromatic carbocycles. The van der Waals surface area contributed by atoms with Gasteiger partial charge in [-0.05, 0) is 52.9 Å². The first kappa shape index (κ1) is 14.5. The first-order chi connectivity index (χ1) is 7.94. The van der Waals surface area contributed by atoms with Crippen molar-refractivity contribution in [1.29, 1.82) is 0 Å². The summed E-state index contributed by atoms with van der Waals surface area (Å²) in [6.45, 7) is 6.64. The second-order valence-electron chi connectivity index (χ2n) is 5.52. The van der Waals surface area contributed by atoms with Gasteiger partial charge in [-0.15, -0.1) is 0 Å². The molecular weight excluding hydrogens is 216 g/mol. The third-order valence-electron chi connectivity index (χ3n) is 3.38. The Balaban J connectivity index is 2.25. The molecule has 1 aliphatic carbocycles. The minimum absolute atomic E-state index is 0.250. The van der Waals surface area contributed by atoms with Crippen LogP contribution >= 0.6 is 0 Å². The molecule has 17 heavy (non-hydrogen) atoms. The average Bonchev–Trinajstić information content (AvgIpc) is 2.13. The summed E-state index contributed by atoms with van der Waals surface area (Å²) in [5.41, 5.74) is 4.84. The molecule has 0 heterocycles. The van der Waals surface area contributed by atoms with Gasteiger partial charge in [0.2, 0.25) is 5.91 Å². The van der Waals surface area contributed by atoms with Crippen LogP contribution in [0, 0.1) is 0 Å². The van der Waals surface area contributed by atoms with Gasteiger partial charge in [-0.3, -0.25) is 4.79 Å². The van der Waals surface area contributed by atoms with Crippen molar-refractivity contribution in [3.63, 3.8) is 0 Å². The molecule has 1 fully saturated rings. The molecule has 0 spiro atoms. The Bertz CT molecular complexity index is 252. The molecular formula is C13H26N2O2. The zero-order valence-electron chi connectivity index (χ0n) is 11.3. The van der Waals surface area contributed by atoms with Gasteiger partial charge in [0.25, 0.3) is 0 Å². The van der Waals surface area contributed by atoms with Crippen LogP contribution in [0.15, 0.2) is 0 Å². The van der Waals surface area contributed by atoms with Gasteiger partial charge in [-0.1, -0.05) is 0 Å². The summed E-state index contributed by atoms with van der Waals surface area (Å²) in [5, 5.41) is 3.24. The van der Waals surface area contributed by atoms with Crippen LogP contribution in [-0.2, 0) is 9.53 Å². The molecule has 100 valence electrons. The predicted molar refractivity (Wildman–Crippen MR) is 68.7 cm³/mol. The summed E-state index contributed by atoms with van der Waals surface area (Å²) < 4.78 is 5.68. The van der Waals surface area contributed by atoms with Crippen LogP contribution in [0.5, 0.6) is 0 Å². The van der Waals surface area contributed by atoms with E-state index in [0.717, 1.165) is 19.4 Å². The van der Waals surface area contributed by atoms with E-state index in [9.17, 15) is 4.79 Å². The van der Waals surface area contributed by atoms with Crippen LogP contribution in [0.2, 0.25) is 0 Å². The van der Waals surface area contributed by atoms with E-state index in [2.05, 4.69) is 5.32 Å². The number of carbonyl (C=O) groups is 1. The molecule has 0 aromatic heterocycles. The van der Waals surface area contributed by atoms with E-state index in [1.165, 1.54) is 19.3 Å². The Morgan fingerprint density at radius 3 is 2.59 bits per heavy atom. The number of rotatable bonds is 8. The van der Waals surface area contributed by atoms with Crippen molar-refractivity contribution in [2.75, 3.05) is 6.61 Å². The lowest BCUT2D eigenvalue weighted by Crippen LogP contribution is -2.55. The van der Waals surface area contributed by atoms with E-state index in [1.54, 1.807) is 0 Å². The lowest BCUT2D eigenvalue weighted by molar-refractivity contribution is -0.124. The van der Waals surface area contributed by atoms with E-state index >= 15 is 0 Å². The van der Waals surface area contributed by atoms with Gasteiger partial charge in [-0.25, -0.2) is 0 Å². The molecule has 1 unspecified atom stereocenters. The Morgan fingerprint density at radius 2 is 2.18 bits per heavy atom. The number of carbonyl (C=O) groups excluding carboxylic acids is 1. The van der Waals surface area contributed by atoms with Crippen LogP contribution in [0.25, 0.3) is 0 Å². The number of hydrogen-bond donors (Lipinski definition) is 2. The summed E-state index contributed by atoms with van der Waals surface area (Å²) in [6, 6.07) is 0.250. The number of ether oxygens (including phenoxy) is 1. The van der Waals surface area contributed by atoms with Gasteiger partial charge < -0.3 is 15.8 Å². The van der Waals surface area contributed by atoms with Crippen molar-refractivity contribution in [3.05, 3.63) is 0 Å². The van der Waals surface area contributed by atoms with E-state index < -0.39 is 5.54 Å². The zero-order chi connectivity index (χ0) is 12.9. The van der Waals surface area contributed by atoms with Crippen molar-refractivity contribution in [3.8, 4) is 0 Å². The van der Waals surface area contributed by atoms with E-state index in [0.29, 0.717) is 6.10 Å². The van der Waals surface area contributed by atoms with Crippen LogP contribution in [0.3, 0.4) is 0 Å². The number of amides is 1. The number of hydrogen-bond acceptors (Lipinski definition) is 3. The second kappa shape index (κ2) is 6.36. The molecule has 4 heteroatoms. The highest BCUT2D eigenvalue weighted by Gasteiger charge is 2.30. The normalized spacial score (nSPS) is 20.0. The molecule has 0 saturated heterocycles. The first-order valence-electron chi connectivity index (χ1n) is 6.63. The van der Waals surface area contributed by atoms with Gasteiger partial charge in [0.15, 0.2) is 0 Å². The van der Waals surface area contributed by atoms with Crippen molar-refractivity contribution in [2.24, 2.45) is 5.73 Å². The van der Waals surface area contributed by atoms with Gasteiger partial charge in [0.05, 0.1) is 11.6 Å².